The van der Waals surface area contributed by atoms with Gasteiger partial charge < -0.3 is 4.90 Å². The molecule has 0 atom stereocenters. The van der Waals surface area contributed by atoms with Gasteiger partial charge in [0.05, 0.1) is 5.71 Å². The molecule has 5 rings (SSSR count). The summed E-state index contributed by atoms with van der Waals surface area (Å²) in [6, 6.07) is 13.9. The summed E-state index contributed by atoms with van der Waals surface area (Å²) in [7, 11) is 0. The Morgan fingerprint density at radius 2 is 1.94 bits per heavy atom. The maximum atomic E-state index is 14.4. The predicted molar refractivity (Wildman–Crippen MR) is 130 cm³/mol. The molecule has 2 aliphatic heterocycles. The van der Waals surface area contributed by atoms with Crippen molar-refractivity contribution in [3.8, 4) is 0 Å². The summed E-state index contributed by atoms with van der Waals surface area (Å²) < 4.78 is 15.5. The standard InChI is InChI=1S/C26H25BrFN3/c1-3-18-9-8-17(13-22(18)28)15-31-16(2)12-21(24-14-23(29-30-24)19-10-11-19)26(27)20-6-4-5-7-25(20)31/h4-9,13,19H,2-3,10-12,14-15H2,1H3. The summed E-state index contributed by atoms with van der Waals surface area (Å²) in [5, 5.41) is 9.03. The second-order valence-corrected chi connectivity index (χ2v) is 9.30. The lowest BCUT2D eigenvalue weighted by molar-refractivity contribution is 0.609. The van der Waals surface area contributed by atoms with Gasteiger partial charge in [0.1, 0.15) is 5.82 Å². The molecule has 0 aromatic heterocycles. The van der Waals surface area contributed by atoms with Gasteiger partial charge in [0, 0.05) is 46.5 Å². The van der Waals surface area contributed by atoms with Crippen LogP contribution >= 0.6 is 15.9 Å². The fraction of sp³-hybridized carbons (Fsp3) is 0.308. The van der Waals surface area contributed by atoms with Crippen LogP contribution in [0.4, 0.5) is 10.1 Å². The molecule has 2 aromatic rings. The lowest BCUT2D eigenvalue weighted by atomic mass is 9.98. The Morgan fingerprint density at radius 3 is 2.68 bits per heavy atom. The van der Waals surface area contributed by atoms with Crippen LogP contribution in [0, 0.1) is 11.7 Å². The van der Waals surface area contributed by atoms with E-state index in [0.717, 1.165) is 50.3 Å². The molecule has 0 unspecified atom stereocenters. The zero-order valence-electron chi connectivity index (χ0n) is 17.7. The first-order valence-electron chi connectivity index (χ1n) is 10.9. The maximum Gasteiger partial charge on any atom is 0.126 e. The highest BCUT2D eigenvalue weighted by atomic mass is 79.9. The van der Waals surface area contributed by atoms with Gasteiger partial charge in [-0.25, -0.2) is 4.39 Å². The third-order valence-corrected chi connectivity index (χ3v) is 7.25. The number of hydrogen-bond donors (Lipinski definition) is 0. The van der Waals surface area contributed by atoms with Crippen LogP contribution in [0.3, 0.4) is 0 Å². The van der Waals surface area contributed by atoms with Crippen LogP contribution in [0.1, 0.15) is 49.3 Å². The third-order valence-electron chi connectivity index (χ3n) is 6.34. The molecule has 0 bridgehead atoms. The Morgan fingerprint density at radius 1 is 1.13 bits per heavy atom. The highest BCUT2D eigenvalue weighted by molar-refractivity contribution is 9.15. The minimum absolute atomic E-state index is 0.140. The van der Waals surface area contributed by atoms with Gasteiger partial charge in [0.15, 0.2) is 0 Å². The van der Waals surface area contributed by atoms with Crippen molar-refractivity contribution in [1.82, 2.24) is 0 Å². The summed E-state index contributed by atoms with van der Waals surface area (Å²) in [4.78, 5) is 2.20. The van der Waals surface area contributed by atoms with Crippen LogP contribution < -0.4 is 4.90 Å². The Bertz CT molecular complexity index is 1160. The van der Waals surface area contributed by atoms with Crippen LogP contribution in [0.25, 0.3) is 4.48 Å². The highest BCUT2D eigenvalue weighted by Crippen LogP contribution is 2.43. The first kappa shape index (κ1) is 20.4. The van der Waals surface area contributed by atoms with Crippen molar-refractivity contribution in [2.45, 2.75) is 45.6 Å². The normalized spacial score (nSPS) is 18.7. The van der Waals surface area contributed by atoms with Crippen LogP contribution in [-0.4, -0.2) is 11.4 Å². The molecule has 0 amide bonds. The first-order chi connectivity index (χ1) is 15.0. The Labute approximate surface area is 191 Å². The molecular formula is C26H25BrFN3. The van der Waals surface area contributed by atoms with Crippen molar-refractivity contribution >= 4 is 37.5 Å². The van der Waals surface area contributed by atoms with Gasteiger partial charge in [-0.15, -0.1) is 0 Å². The Balaban J connectivity index is 1.48. The SMILES string of the molecule is C=C1CC(C2=NN=C(C3CC3)C2)=C(Br)c2ccccc2N1Cc1ccc(CC)c(F)c1. The smallest absolute Gasteiger partial charge is 0.126 e. The van der Waals surface area contributed by atoms with Crippen LogP contribution in [0.15, 0.2) is 70.5 Å². The number of anilines is 1. The molecule has 2 heterocycles. The van der Waals surface area contributed by atoms with Crippen molar-refractivity contribution < 1.29 is 4.39 Å². The summed E-state index contributed by atoms with van der Waals surface area (Å²) in [6.45, 7) is 6.96. The van der Waals surface area contributed by atoms with Gasteiger partial charge in [-0.3, -0.25) is 0 Å². The number of benzene rings is 2. The van der Waals surface area contributed by atoms with Gasteiger partial charge in [-0.2, -0.15) is 10.2 Å². The van der Waals surface area contributed by atoms with E-state index >= 15 is 0 Å². The fourth-order valence-corrected chi connectivity index (χ4v) is 5.07. The average molecular weight is 478 g/mol. The molecule has 31 heavy (non-hydrogen) atoms. The minimum Gasteiger partial charge on any atom is -0.340 e. The van der Waals surface area contributed by atoms with E-state index in [0.29, 0.717) is 25.3 Å². The molecule has 0 spiro atoms. The largest absolute Gasteiger partial charge is 0.340 e. The van der Waals surface area contributed by atoms with E-state index in [9.17, 15) is 4.39 Å². The fourth-order valence-electron chi connectivity index (χ4n) is 4.37. The van der Waals surface area contributed by atoms with E-state index in [4.69, 9.17) is 0 Å². The van der Waals surface area contributed by atoms with Crippen molar-refractivity contribution in [1.29, 1.82) is 0 Å². The zero-order valence-corrected chi connectivity index (χ0v) is 19.3. The summed E-state index contributed by atoms with van der Waals surface area (Å²) in [6.07, 6.45) is 4.67. The van der Waals surface area contributed by atoms with Crippen molar-refractivity contribution in [2.75, 3.05) is 4.90 Å². The zero-order chi connectivity index (χ0) is 21.5. The highest BCUT2D eigenvalue weighted by Gasteiger charge is 2.33. The van der Waals surface area contributed by atoms with Gasteiger partial charge >= 0.3 is 0 Å². The number of hydrogen-bond acceptors (Lipinski definition) is 3. The van der Waals surface area contributed by atoms with Crippen molar-refractivity contribution in [2.24, 2.45) is 16.1 Å². The van der Waals surface area contributed by atoms with E-state index in [-0.39, 0.29) is 5.82 Å². The summed E-state index contributed by atoms with van der Waals surface area (Å²) >= 11 is 3.88. The molecule has 5 heteroatoms. The van der Waals surface area contributed by atoms with Gasteiger partial charge in [-0.1, -0.05) is 43.8 Å². The summed E-state index contributed by atoms with van der Waals surface area (Å²) in [5.74, 6) is 0.484. The van der Waals surface area contributed by atoms with E-state index < -0.39 is 0 Å². The molecule has 2 aromatic carbocycles. The number of nitrogens with zero attached hydrogens (tertiary/aromatic N) is 3. The van der Waals surface area contributed by atoms with Gasteiger partial charge in [-0.05, 0) is 69.9 Å². The molecule has 0 radical (unpaired) electrons. The minimum atomic E-state index is -0.140. The third kappa shape index (κ3) is 3.91. The van der Waals surface area contributed by atoms with E-state index in [1.807, 2.05) is 31.2 Å². The quantitative estimate of drug-likeness (QED) is 0.454. The number of allylic oxidation sites excluding steroid dienone is 1. The topological polar surface area (TPSA) is 28.0 Å². The number of fused-ring (bicyclic) bond motifs is 1. The number of rotatable bonds is 5. The Hall–Kier alpha value is -2.53. The molecule has 1 saturated carbocycles. The molecule has 0 N–H and O–H groups in total. The van der Waals surface area contributed by atoms with Gasteiger partial charge in [0.25, 0.3) is 0 Å². The molecule has 3 nitrogen and oxygen atoms in total. The molecule has 0 saturated heterocycles. The molecule has 1 aliphatic carbocycles. The lowest BCUT2D eigenvalue weighted by Gasteiger charge is -2.27. The van der Waals surface area contributed by atoms with Crippen LogP contribution in [0.2, 0.25) is 0 Å². The maximum absolute atomic E-state index is 14.4. The number of aryl methyl sites for hydroxylation is 1. The van der Waals surface area contributed by atoms with Crippen LogP contribution in [-0.2, 0) is 13.0 Å². The Kier molecular flexibility index (Phi) is 5.39. The predicted octanol–water partition coefficient (Wildman–Crippen LogP) is 7.03. The monoisotopic (exact) mass is 477 g/mol. The average Bonchev–Trinajstić information content (AvgIpc) is 3.53. The van der Waals surface area contributed by atoms with E-state index in [2.05, 4.69) is 49.7 Å². The first-order valence-corrected chi connectivity index (χ1v) is 11.7. The van der Waals surface area contributed by atoms with Crippen molar-refractivity contribution in [3.05, 3.63) is 82.8 Å². The molecule has 158 valence electrons. The molecule has 1 fully saturated rings. The second-order valence-electron chi connectivity index (χ2n) is 8.51. The van der Waals surface area contributed by atoms with Gasteiger partial charge in [0.2, 0.25) is 0 Å². The number of halogens is 2. The van der Waals surface area contributed by atoms with E-state index in [1.165, 1.54) is 18.6 Å². The van der Waals surface area contributed by atoms with Crippen LogP contribution in [0.5, 0.6) is 0 Å². The molecular weight excluding hydrogens is 453 g/mol. The lowest BCUT2D eigenvalue weighted by Crippen LogP contribution is -2.22. The second kappa shape index (κ2) is 8.19. The van der Waals surface area contributed by atoms with Crippen molar-refractivity contribution in [3.63, 3.8) is 0 Å². The molecule has 3 aliphatic rings. The van der Waals surface area contributed by atoms with E-state index in [1.54, 1.807) is 6.07 Å². The number of para-hydroxylation sites is 1. The summed E-state index contributed by atoms with van der Waals surface area (Å²) in [5.41, 5.74) is 8.21.